The molecule has 5 nitrogen and oxygen atoms in total. The van der Waals surface area contributed by atoms with Crippen LogP contribution in [0.4, 0.5) is 5.69 Å². The molecule has 0 bridgehead atoms. The molecule has 0 aliphatic carbocycles. The predicted molar refractivity (Wildman–Crippen MR) is 90.7 cm³/mol. The number of carbonyl (C=O) groups is 1. The van der Waals surface area contributed by atoms with E-state index in [2.05, 4.69) is 16.4 Å². The van der Waals surface area contributed by atoms with Crippen LogP contribution in [0.5, 0.6) is 5.75 Å². The van der Waals surface area contributed by atoms with E-state index in [1.807, 2.05) is 25.1 Å². The number of nitriles is 1. The van der Waals surface area contributed by atoms with Crippen molar-refractivity contribution in [2.75, 3.05) is 18.2 Å². The molecular weight excluding hydrogens is 310 g/mol. The maximum atomic E-state index is 12.0. The van der Waals surface area contributed by atoms with Gasteiger partial charge in [0.15, 0.2) is 0 Å². The third kappa shape index (κ3) is 5.01. The standard InChI is InChI=1S/C17H17N3O2S/c1-12-6-7-13(11-18)17(19-12)23-9-8-16(21)20-14-4-3-5-15(10-14)22-2/h3-7,10H,8-9H2,1-2H3,(H,20,21). The first-order valence-electron chi connectivity index (χ1n) is 7.07. The summed E-state index contributed by atoms with van der Waals surface area (Å²) in [6.45, 7) is 1.88. The lowest BCUT2D eigenvalue weighted by atomic mass is 10.3. The molecule has 118 valence electrons. The zero-order valence-corrected chi connectivity index (χ0v) is 13.8. The maximum Gasteiger partial charge on any atom is 0.225 e. The smallest absolute Gasteiger partial charge is 0.225 e. The normalized spacial score (nSPS) is 9.96. The van der Waals surface area contributed by atoms with Gasteiger partial charge in [-0.15, -0.1) is 11.8 Å². The molecule has 1 heterocycles. The third-order valence-corrected chi connectivity index (χ3v) is 4.03. The van der Waals surface area contributed by atoms with Crippen LogP contribution in [0.1, 0.15) is 17.7 Å². The van der Waals surface area contributed by atoms with Crippen molar-refractivity contribution in [3.63, 3.8) is 0 Å². The molecule has 23 heavy (non-hydrogen) atoms. The number of amides is 1. The molecule has 1 aromatic carbocycles. The van der Waals surface area contributed by atoms with Crippen molar-refractivity contribution in [1.29, 1.82) is 5.26 Å². The predicted octanol–water partition coefficient (Wildman–Crippen LogP) is 3.39. The number of pyridine rings is 1. The van der Waals surface area contributed by atoms with Gasteiger partial charge in [0, 0.05) is 29.6 Å². The van der Waals surface area contributed by atoms with E-state index in [9.17, 15) is 4.79 Å². The van der Waals surface area contributed by atoms with Crippen LogP contribution in [0.2, 0.25) is 0 Å². The van der Waals surface area contributed by atoms with Gasteiger partial charge < -0.3 is 10.1 Å². The van der Waals surface area contributed by atoms with Crippen LogP contribution in [0.3, 0.4) is 0 Å². The molecule has 6 heteroatoms. The lowest BCUT2D eigenvalue weighted by Crippen LogP contribution is -2.12. The highest BCUT2D eigenvalue weighted by Gasteiger charge is 2.08. The maximum absolute atomic E-state index is 12.0. The fourth-order valence-electron chi connectivity index (χ4n) is 1.89. The number of carbonyl (C=O) groups excluding carboxylic acids is 1. The highest BCUT2D eigenvalue weighted by molar-refractivity contribution is 7.99. The molecule has 2 rings (SSSR count). The minimum absolute atomic E-state index is 0.0862. The molecule has 1 amide bonds. The zero-order valence-electron chi connectivity index (χ0n) is 13.0. The molecule has 0 radical (unpaired) electrons. The van der Waals surface area contributed by atoms with Gasteiger partial charge in [0.25, 0.3) is 0 Å². The van der Waals surface area contributed by atoms with E-state index in [4.69, 9.17) is 10.00 Å². The summed E-state index contributed by atoms with van der Waals surface area (Å²) in [6, 6.07) is 12.9. The van der Waals surface area contributed by atoms with E-state index in [0.717, 1.165) is 5.69 Å². The van der Waals surface area contributed by atoms with Crippen LogP contribution in [-0.4, -0.2) is 23.8 Å². The summed E-state index contributed by atoms with van der Waals surface area (Å²) in [5.41, 5.74) is 2.09. The van der Waals surface area contributed by atoms with E-state index < -0.39 is 0 Å². The fraction of sp³-hybridized carbons (Fsp3) is 0.235. The zero-order chi connectivity index (χ0) is 16.7. The lowest BCUT2D eigenvalue weighted by molar-refractivity contribution is -0.115. The van der Waals surface area contributed by atoms with Gasteiger partial charge in [0.1, 0.15) is 16.8 Å². The highest BCUT2D eigenvalue weighted by Crippen LogP contribution is 2.22. The second kappa shape index (κ2) is 8.20. The van der Waals surface area contributed by atoms with Crippen LogP contribution in [0.25, 0.3) is 0 Å². The quantitative estimate of drug-likeness (QED) is 0.823. The molecule has 0 fully saturated rings. The van der Waals surface area contributed by atoms with E-state index in [1.54, 1.807) is 25.3 Å². The molecule has 0 atom stereocenters. The van der Waals surface area contributed by atoms with Gasteiger partial charge in [0.2, 0.25) is 5.91 Å². The first-order valence-corrected chi connectivity index (χ1v) is 8.05. The topological polar surface area (TPSA) is 75.0 Å². The summed E-state index contributed by atoms with van der Waals surface area (Å²) in [5, 5.41) is 12.6. The molecule has 0 spiro atoms. The van der Waals surface area contributed by atoms with Gasteiger partial charge >= 0.3 is 0 Å². The number of benzene rings is 1. The SMILES string of the molecule is COc1cccc(NC(=O)CCSc2nc(C)ccc2C#N)c1. The van der Waals surface area contributed by atoms with Crippen LogP contribution in [-0.2, 0) is 4.79 Å². The summed E-state index contributed by atoms with van der Waals surface area (Å²) in [4.78, 5) is 16.3. The van der Waals surface area contributed by atoms with Crippen molar-refractivity contribution < 1.29 is 9.53 Å². The Balaban J connectivity index is 1.88. The Morgan fingerprint density at radius 3 is 2.96 bits per heavy atom. The molecule has 0 unspecified atom stereocenters. The number of methoxy groups -OCH3 is 1. The number of nitrogens with zero attached hydrogens (tertiary/aromatic N) is 2. The number of hydrogen-bond donors (Lipinski definition) is 1. The highest BCUT2D eigenvalue weighted by atomic mass is 32.2. The van der Waals surface area contributed by atoms with Crippen molar-refractivity contribution >= 4 is 23.4 Å². The van der Waals surface area contributed by atoms with Crippen LogP contribution in [0, 0.1) is 18.3 Å². The first kappa shape index (κ1) is 16.8. The average molecular weight is 327 g/mol. The summed E-state index contributed by atoms with van der Waals surface area (Å²) < 4.78 is 5.12. The number of thioether (sulfide) groups is 1. The Kier molecular flexibility index (Phi) is 6.01. The van der Waals surface area contributed by atoms with Crippen LogP contribution >= 0.6 is 11.8 Å². The van der Waals surface area contributed by atoms with E-state index in [1.165, 1.54) is 11.8 Å². The minimum atomic E-state index is -0.0862. The molecule has 0 aliphatic heterocycles. The number of aryl methyl sites for hydroxylation is 1. The summed E-state index contributed by atoms with van der Waals surface area (Å²) >= 11 is 1.41. The number of hydrogen-bond acceptors (Lipinski definition) is 5. The largest absolute Gasteiger partial charge is 0.497 e. The molecule has 1 aromatic heterocycles. The Morgan fingerprint density at radius 2 is 2.22 bits per heavy atom. The van der Waals surface area contributed by atoms with E-state index in [-0.39, 0.29) is 5.91 Å². The Labute approximate surface area is 139 Å². The van der Waals surface area contributed by atoms with Crippen molar-refractivity contribution in [1.82, 2.24) is 4.98 Å². The van der Waals surface area contributed by atoms with Crippen LogP contribution in [0.15, 0.2) is 41.4 Å². The number of ether oxygens (including phenoxy) is 1. The van der Waals surface area contributed by atoms with Crippen molar-refractivity contribution in [2.24, 2.45) is 0 Å². The number of rotatable bonds is 6. The van der Waals surface area contributed by atoms with Gasteiger partial charge in [-0.25, -0.2) is 4.98 Å². The number of nitrogens with one attached hydrogen (secondary N) is 1. The second-order valence-corrected chi connectivity index (χ2v) is 5.88. The average Bonchev–Trinajstić information content (AvgIpc) is 2.55. The van der Waals surface area contributed by atoms with Gasteiger partial charge in [-0.05, 0) is 31.2 Å². The van der Waals surface area contributed by atoms with Gasteiger partial charge in [0.05, 0.1) is 12.7 Å². The molecular formula is C17H17N3O2S. The second-order valence-electron chi connectivity index (χ2n) is 4.80. The monoisotopic (exact) mass is 327 g/mol. The van der Waals surface area contributed by atoms with Crippen molar-refractivity contribution in [3.05, 3.63) is 47.7 Å². The summed E-state index contributed by atoms with van der Waals surface area (Å²) in [7, 11) is 1.58. The molecule has 1 N–H and O–H groups in total. The molecule has 0 saturated heterocycles. The fourth-order valence-corrected chi connectivity index (χ4v) is 2.85. The first-order chi connectivity index (χ1) is 11.1. The summed E-state index contributed by atoms with van der Waals surface area (Å²) in [6.07, 6.45) is 0.336. The van der Waals surface area contributed by atoms with E-state index >= 15 is 0 Å². The Bertz CT molecular complexity index is 741. The third-order valence-electron chi connectivity index (χ3n) is 3.04. The lowest BCUT2D eigenvalue weighted by Gasteiger charge is -2.07. The van der Waals surface area contributed by atoms with Gasteiger partial charge in [-0.2, -0.15) is 5.26 Å². The van der Waals surface area contributed by atoms with Gasteiger partial charge in [-0.3, -0.25) is 4.79 Å². The van der Waals surface area contributed by atoms with Gasteiger partial charge in [-0.1, -0.05) is 6.07 Å². The Morgan fingerprint density at radius 1 is 1.39 bits per heavy atom. The Hall–Kier alpha value is -2.52. The number of aromatic nitrogens is 1. The minimum Gasteiger partial charge on any atom is -0.497 e. The number of anilines is 1. The molecule has 0 saturated carbocycles. The summed E-state index contributed by atoms with van der Waals surface area (Å²) in [5.74, 6) is 1.16. The van der Waals surface area contributed by atoms with Crippen LogP contribution < -0.4 is 10.1 Å². The van der Waals surface area contributed by atoms with E-state index in [0.29, 0.717) is 34.2 Å². The molecule has 2 aromatic rings. The van der Waals surface area contributed by atoms with Crippen molar-refractivity contribution in [3.8, 4) is 11.8 Å². The molecule has 0 aliphatic rings. The van der Waals surface area contributed by atoms with Crippen molar-refractivity contribution in [2.45, 2.75) is 18.4 Å².